The standard InChI is InChI=1S/C33H35Cl2N3O2S/c1-19-12-26-32(30-20(2)18-41-33(19)30)22(15-35)17-37(26)28(39)10-4-3-5-11-29(40)38-16-21(14-34)31-24-9-7-6-8-23(24)25(36)13-27(31)38/h6-9,12-13,18,21-22H,3-5,10-11,14-17,36H2,1-2H3/t21-,22-/m1/s1. The van der Waals surface area contributed by atoms with Gasteiger partial charge in [-0.2, -0.15) is 0 Å². The lowest BCUT2D eigenvalue weighted by molar-refractivity contribution is -0.119. The van der Waals surface area contributed by atoms with Gasteiger partial charge in [-0.1, -0.05) is 30.7 Å². The third-order valence-corrected chi connectivity index (χ3v) is 10.8. The zero-order chi connectivity index (χ0) is 28.8. The topological polar surface area (TPSA) is 66.6 Å². The van der Waals surface area contributed by atoms with E-state index in [0.717, 1.165) is 47.0 Å². The predicted molar refractivity (Wildman–Crippen MR) is 174 cm³/mol. The van der Waals surface area contributed by atoms with E-state index in [9.17, 15) is 9.59 Å². The van der Waals surface area contributed by atoms with Crippen molar-refractivity contribution in [2.45, 2.75) is 57.8 Å². The van der Waals surface area contributed by atoms with Gasteiger partial charge < -0.3 is 15.5 Å². The first-order valence-electron chi connectivity index (χ1n) is 14.4. The Bertz CT molecular complexity index is 1670. The number of nitrogens with zero attached hydrogens (tertiary/aromatic N) is 2. The summed E-state index contributed by atoms with van der Waals surface area (Å²) in [5, 5.41) is 5.55. The number of anilines is 3. The highest BCUT2D eigenvalue weighted by atomic mass is 35.5. The Balaban J connectivity index is 1.08. The lowest BCUT2D eigenvalue weighted by Crippen LogP contribution is -2.30. The van der Waals surface area contributed by atoms with Gasteiger partial charge >= 0.3 is 0 Å². The van der Waals surface area contributed by atoms with Gasteiger partial charge in [0.15, 0.2) is 0 Å². The fourth-order valence-corrected chi connectivity index (χ4v) is 8.34. The zero-order valence-electron chi connectivity index (χ0n) is 23.5. The number of hydrogen-bond donors (Lipinski definition) is 1. The monoisotopic (exact) mass is 607 g/mol. The Morgan fingerprint density at radius 3 is 2.07 bits per heavy atom. The maximum absolute atomic E-state index is 13.4. The summed E-state index contributed by atoms with van der Waals surface area (Å²) in [5.74, 6) is 1.41. The minimum Gasteiger partial charge on any atom is -0.398 e. The van der Waals surface area contributed by atoms with Crippen LogP contribution in [0.2, 0.25) is 0 Å². The molecule has 1 aromatic heterocycles. The second-order valence-electron chi connectivity index (χ2n) is 11.5. The molecule has 0 spiro atoms. The lowest BCUT2D eigenvalue weighted by Gasteiger charge is -2.19. The molecule has 41 heavy (non-hydrogen) atoms. The Hall–Kier alpha value is -2.80. The van der Waals surface area contributed by atoms with Crippen LogP contribution in [0.4, 0.5) is 17.1 Å². The molecule has 0 unspecified atom stereocenters. The molecule has 6 rings (SSSR count). The van der Waals surface area contributed by atoms with Crippen LogP contribution in [0.15, 0.2) is 41.8 Å². The van der Waals surface area contributed by atoms with Crippen LogP contribution >= 0.6 is 34.5 Å². The van der Waals surface area contributed by atoms with Gasteiger partial charge in [0, 0.05) is 82.1 Å². The first-order chi connectivity index (χ1) is 19.8. The largest absolute Gasteiger partial charge is 0.398 e. The smallest absolute Gasteiger partial charge is 0.227 e. The Morgan fingerprint density at radius 2 is 1.44 bits per heavy atom. The molecule has 4 aromatic rings. The minimum atomic E-state index is 0.0848. The molecule has 5 nitrogen and oxygen atoms in total. The van der Waals surface area contributed by atoms with Crippen molar-refractivity contribution in [3.63, 3.8) is 0 Å². The number of hydrogen-bond acceptors (Lipinski definition) is 4. The van der Waals surface area contributed by atoms with E-state index in [-0.39, 0.29) is 23.7 Å². The van der Waals surface area contributed by atoms with Crippen LogP contribution in [0.5, 0.6) is 0 Å². The fraction of sp³-hybridized carbons (Fsp3) is 0.394. The van der Waals surface area contributed by atoms with Gasteiger partial charge in [-0.3, -0.25) is 9.59 Å². The molecule has 2 amide bonds. The van der Waals surface area contributed by atoms with E-state index in [4.69, 9.17) is 28.9 Å². The van der Waals surface area contributed by atoms with Crippen molar-refractivity contribution < 1.29 is 9.59 Å². The van der Waals surface area contributed by atoms with Crippen LogP contribution < -0.4 is 15.5 Å². The van der Waals surface area contributed by atoms with Gasteiger partial charge in [-0.05, 0) is 71.8 Å². The third-order valence-electron chi connectivity index (χ3n) is 8.79. The molecular formula is C33H35Cl2N3O2S. The molecule has 2 aliphatic rings. The average molecular weight is 609 g/mol. The Kier molecular flexibility index (Phi) is 7.92. The summed E-state index contributed by atoms with van der Waals surface area (Å²) >= 11 is 14.5. The summed E-state index contributed by atoms with van der Waals surface area (Å²) < 4.78 is 1.30. The third kappa shape index (κ3) is 4.88. The number of rotatable bonds is 8. The number of fused-ring (bicyclic) bond motifs is 6. The number of aryl methyl sites for hydroxylation is 2. The SMILES string of the molecule is Cc1cc2c(c3c(C)csc13)[C@H](CCl)CN2C(=O)CCCCCC(=O)N1C[C@@H](CCl)c2c1cc(N)c1ccccc21. The van der Waals surface area contributed by atoms with Crippen LogP contribution in [-0.2, 0) is 9.59 Å². The number of amides is 2. The molecule has 0 radical (unpaired) electrons. The fourth-order valence-electron chi connectivity index (χ4n) is 6.79. The predicted octanol–water partition coefficient (Wildman–Crippen LogP) is 8.24. The van der Waals surface area contributed by atoms with Crippen LogP contribution in [0.25, 0.3) is 20.9 Å². The van der Waals surface area contributed by atoms with E-state index >= 15 is 0 Å². The highest BCUT2D eigenvalue weighted by molar-refractivity contribution is 7.17. The molecule has 2 aliphatic heterocycles. The van der Waals surface area contributed by atoms with Gasteiger partial charge in [-0.15, -0.1) is 34.5 Å². The van der Waals surface area contributed by atoms with Crippen LogP contribution in [-0.4, -0.2) is 36.7 Å². The van der Waals surface area contributed by atoms with Crippen molar-refractivity contribution in [1.82, 2.24) is 0 Å². The van der Waals surface area contributed by atoms with Crippen LogP contribution in [0.1, 0.15) is 66.2 Å². The van der Waals surface area contributed by atoms with Crippen molar-refractivity contribution in [1.29, 1.82) is 0 Å². The van der Waals surface area contributed by atoms with Gasteiger partial charge in [0.05, 0.1) is 0 Å². The number of unbranched alkanes of at least 4 members (excludes halogenated alkanes) is 2. The van der Waals surface area contributed by atoms with Crippen molar-refractivity contribution in [2.24, 2.45) is 0 Å². The normalized spacial score (nSPS) is 18.0. The molecule has 3 aromatic carbocycles. The number of carbonyl (C=O) groups excluding carboxylic acids is 2. The number of nitrogen functional groups attached to an aromatic ring is 1. The summed E-state index contributed by atoms with van der Waals surface area (Å²) in [7, 11) is 0. The highest BCUT2D eigenvalue weighted by Gasteiger charge is 2.35. The summed E-state index contributed by atoms with van der Waals surface area (Å²) in [6.45, 7) is 5.48. The van der Waals surface area contributed by atoms with Gasteiger partial charge in [0.1, 0.15) is 0 Å². The number of halogens is 2. The molecule has 0 saturated carbocycles. The molecule has 2 atom stereocenters. The zero-order valence-corrected chi connectivity index (χ0v) is 25.8. The molecule has 0 fully saturated rings. The lowest BCUT2D eigenvalue weighted by atomic mass is 9.95. The minimum absolute atomic E-state index is 0.0848. The van der Waals surface area contributed by atoms with E-state index in [0.29, 0.717) is 43.4 Å². The maximum atomic E-state index is 13.4. The number of thiophene rings is 1. The maximum Gasteiger partial charge on any atom is 0.227 e. The molecular weight excluding hydrogens is 573 g/mol. The number of benzene rings is 3. The highest BCUT2D eigenvalue weighted by Crippen LogP contribution is 2.47. The molecule has 8 heteroatoms. The summed E-state index contributed by atoms with van der Waals surface area (Å²) in [5.41, 5.74) is 13.8. The molecule has 2 N–H and O–H groups in total. The Labute approximate surface area is 255 Å². The van der Waals surface area contributed by atoms with Crippen LogP contribution in [0.3, 0.4) is 0 Å². The summed E-state index contributed by atoms with van der Waals surface area (Å²) in [4.78, 5) is 30.5. The van der Waals surface area contributed by atoms with E-state index in [1.807, 2.05) is 34.1 Å². The van der Waals surface area contributed by atoms with Crippen molar-refractivity contribution in [3.05, 3.63) is 64.0 Å². The number of alkyl halides is 2. The van der Waals surface area contributed by atoms with Crippen LogP contribution in [0, 0.1) is 13.8 Å². The van der Waals surface area contributed by atoms with E-state index < -0.39 is 0 Å². The molecule has 0 aliphatic carbocycles. The van der Waals surface area contributed by atoms with E-state index in [2.05, 4.69) is 31.4 Å². The van der Waals surface area contributed by atoms with Gasteiger partial charge in [-0.25, -0.2) is 0 Å². The van der Waals surface area contributed by atoms with Crippen molar-refractivity contribution >= 4 is 84.3 Å². The van der Waals surface area contributed by atoms with E-state index in [1.165, 1.54) is 26.8 Å². The number of carbonyl (C=O) groups is 2. The summed E-state index contributed by atoms with van der Waals surface area (Å²) in [6, 6.07) is 12.1. The molecule has 0 saturated heterocycles. The quantitative estimate of drug-likeness (QED) is 0.125. The van der Waals surface area contributed by atoms with E-state index in [1.54, 1.807) is 11.3 Å². The second-order valence-corrected chi connectivity index (χ2v) is 13.0. The first-order valence-corrected chi connectivity index (χ1v) is 16.3. The molecule has 214 valence electrons. The first kappa shape index (κ1) is 28.3. The van der Waals surface area contributed by atoms with Gasteiger partial charge in [0.25, 0.3) is 0 Å². The molecule has 0 bridgehead atoms. The number of nitrogens with two attached hydrogens (primary N) is 1. The molecule has 3 heterocycles. The summed E-state index contributed by atoms with van der Waals surface area (Å²) in [6.07, 6.45) is 3.21. The van der Waals surface area contributed by atoms with Crippen molar-refractivity contribution in [2.75, 3.05) is 40.4 Å². The van der Waals surface area contributed by atoms with Crippen molar-refractivity contribution in [3.8, 4) is 0 Å². The second kappa shape index (κ2) is 11.5. The average Bonchev–Trinajstić information content (AvgIpc) is 3.66. The van der Waals surface area contributed by atoms with Gasteiger partial charge in [0.2, 0.25) is 11.8 Å². The Morgan fingerprint density at radius 1 is 0.854 bits per heavy atom.